The third-order valence-corrected chi connectivity index (χ3v) is 5.12. The van der Waals surface area contributed by atoms with Gasteiger partial charge in [-0.1, -0.05) is 33.8 Å². The SMILES string of the molecule is CC(CNC(=O)c1sc2cccc(F)c2c1N)C(C)(C)C. The van der Waals surface area contributed by atoms with Gasteiger partial charge in [0, 0.05) is 11.2 Å². The van der Waals surface area contributed by atoms with E-state index in [2.05, 4.69) is 33.0 Å². The fraction of sp³-hybridized carbons (Fsp3) is 0.438. The number of carbonyl (C=O) groups is 1. The fourth-order valence-corrected chi connectivity index (χ4v) is 2.98. The minimum atomic E-state index is -0.386. The van der Waals surface area contributed by atoms with Crippen molar-refractivity contribution in [2.45, 2.75) is 27.7 Å². The van der Waals surface area contributed by atoms with Gasteiger partial charge >= 0.3 is 0 Å². The van der Waals surface area contributed by atoms with Gasteiger partial charge in [-0.05, 0) is 23.5 Å². The van der Waals surface area contributed by atoms with Crippen LogP contribution in [0.4, 0.5) is 10.1 Å². The maximum absolute atomic E-state index is 13.8. The number of thiophene rings is 1. The summed E-state index contributed by atoms with van der Waals surface area (Å²) in [5.74, 6) is -0.290. The lowest BCUT2D eigenvalue weighted by Gasteiger charge is -2.27. The Kier molecular flexibility index (Phi) is 4.23. The molecule has 0 aliphatic carbocycles. The Labute approximate surface area is 128 Å². The van der Waals surface area contributed by atoms with Gasteiger partial charge in [-0.15, -0.1) is 11.3 Å². The third-order valence-electron chi connectivity index (χ3n) is 3.95. The van der Waals surface area contributed by atoms with E-state index in [-0.39, 0.29) is 22.8 Å². The van der Waals surface area contributed by atoms with E-state index < -0.39 is 0 Å². The van der Waals surface area contributed by atoms with Gasteiger partial charge in [-0.3, -0.25) is 4.79 Å². The van der Waals surface area contributed by atoms with Gasteiger partial charge in [0.1, 0.15) is 10.7 Å². The topological polar surface area (TPSA) is 55.1 Å². The minimum Gasteiger partial charge on any atom is -0.397 e. The molecule has 1 atom stereocenters. The van der Waals surface area contributed by atoms with Crippen molar-refractivity contribution in [2.75, 3.05) is 12.3 Å². The zero-order valence-electron chi connectivity index (χ0n) is 12.8. The number of hydrogen-bond donors (Lipinski definition) is 2. The molecule has 0 fully saturated rings. The number of hydrogen-bond acceptors (Lipinski definition) is 3. The molecule has 0 saturated heterocycles. The van der Waals surface area contributed by atoms with E-state index in [1.165, 1.54) is 17.4 Å². The van der Waals surface area contributed by atoms with Gasteiger partial charge in [-0.2, -0.15) is 0 Å². The number of benzene rings is 1. The number of rotatable bonds is 3. The molecule has 1 aromatic carbocycles. The predicted molar refractivity (Wildman–Crippen MR) is 87.1 cm³/mol. The van der Waals surface area contributed by atoms with E-state index >= 15 is 0 Å². The van der Waals surface area contributed by atoms with Crippen molar-refractivity contribution in [2.24, 2.45) is 11.3 Å². The second kappa shape index (κ2) is 5.64. The molecule has 1 unspecified atom stereocenters. The Morgan fingerprint density at radius 2 is 2.10 bits per heavy atom. The van der Waals surface area contributed by atoms with Crippen LogP contribution in [0.2, 0.25) is 0 Å². The van der Waals surface area contributed by atoms with Crippen molar-refractivity contribution >= 4 is 33.0 Å². The molecule has 1 amide bonds. The number of nitrogens with one attached hydrogen (secondary N) is 1. The molecule has 3 nitrogen and oxygen atoms in total. The predicted octanol–water partition coefficient (Wildman–Crippen LogP) is 4.03. The maximum Gasteiger partial charge on any atom is 0.263 e. The van der Waals surface area contributed by atoms with Crippen LogP contribution in [0.15, 0.2) is 18.2 Å². The quantitative estimate of drug-likeness (QED) is 0.899. The summed E-state index contributed by atoms with van der Waals surface area (Å²) in [7, 11) is 0. The summed E-state index contributed by atoms with van der Waals surface area (Å²) >= 11 is 1.23. The lowest BCUT2D eigenvalue weighted by atomic mass is 9.82. The molecular formula is C16H21FN2OS. The van der Waals surface area contributed by atoms with Crippen LogP contribution < -0.4 is 11.1 Å². The lowest BCUT2D eigenvalue weighted by molar-refractivity contribution is 0.0942. The van der Waals surface area contributed by atoms with Crippen molar-refractivity contribution in [3.8, 4) is 0 Å². The molecule has 0 saturated carbocycles. The van der Waals surface area contributed by atoms with E-state index in [1.807, 2.05) is 0 Å². The van der Waals surface area contributed by atoms with Crippen LogP contribution in [-0.4, -0.2) is 12.5 Å². The number of anilines is 1. The van der Waals surface area contributed by atoms with Crippen molar-refractivity contribution in [3.05, 3.63) is 28.9 Å². The second-order valence-corrected chi connectivity index (χ2v) is 7.49. The van der Waals surface area contributed by atoms with E-state index in [9.17, 15) is 9.18 Å². The van der Waals surface area contributed by atoms with Crippen LogP contribution in [0, 0.1) is 17.2 Å². The van der Waals surface area contributed by atoms with E-state index in [0.29, 0.717) is 27.4 Å². The summed E-state index contributed by atoms with van der Waals surface area (Å²) in [5, 5.41) is 3.24. The summed E-state index contributed by atoms with van der Waals surface area (Å²) in [6.07, 6.45) is 0. The molecule has 2 aromatic rings. The van der Waals surface area contributed by atoms with Crippen LogP contribution in [-0.2, 0) is 0 Å². The normalized spacial score (nSPS) is 13.4. The summed E-state index contributed by atoms with van der Waals surface area (Å²) in [4.78, 5) is 12.7. The Bertz CT molecular complexity index is 673. The van der Waals surface area contributed by atoms with Crippen LogP contribution in [0.5, 0.6) is 0 Å². The average Bonchev–Trinajstić information content (AvgIpc) is 2.73. The molecule has 2 rings (SSSR count). The molecule has 5 heteroatoms. The molecule has 0 spiro atoms. The fourth-order valence-electron chi connectivity index (χ4n) is 1.93. The first-order valence-corrected chi connectivity index (χ1v) is 7.78. The first kappa shape index (κ1) is 15.8. The molecular weight excluding hydrogens is 287 g/mol. The number of fused-ring (bicyclic) bond motifs is 1. The van der Waals surface area contributed by atoms with Crippen molar-refractivity contribution in [3.63, 3.8) is 0 Å². The minimum absolute atomic E-state index is 0.116. The highest BCUT2D eigenvalue weighted by atomic mass is 32.1. The first-order chi connectivity index (χ1) is 9.71. The summed E-state index contributed by atoms with van der Waals surface area (Å²) in [6, 6.07) is 4.75. The van der Waals surface area contributed by atoms with Crippen molar-refractivity contribution in [1.82, 2.24) is 5.32 Å². The molecule has 1 aromatic heterocycles. The third kappa shape index (κ3) is 3.18. The van der Waals surface area contributed by atoms with Crippen LogP contribution in [0.3, 0.4) is 0 Å². The molecule has 0 bridgehead atoms. The number of nitrogen functional groups attached to an aromatic ring is 1. The van der Waals surface area contributed by atoms with Gasteiger partial charge in [0.05, 0.1) is 11.1 Å². The lowest BCUT2D eigenvalue weighted by Crippen LogP contribution is -2.33. The monoisotopic (exact) mass is 308 g/mol. The molecule has 21 heavy (non-hydrogen) atoms. The Hall–Kier alpha value is -1.62. The first-order valence-electron chi connectivity index (χ1n) is 6.96. The van der Waals surface area contributed by atoms with Gasteiger partial charge in [-0.25, -0.2) is 4.39 Å². The summed E-state index contributed by atoms with van der Waals surface area (Å²) < 4.78 is 14.5. The zero-order chi connectivity index (χ0) is 15.8. The largest absolute Gasteiger partial charge is 0.397 e. The molecule has 114 valence electrons. The van der Waals surface area contributed by atoms with E-state index in [1.54, 1.807) is 12.1 Å². The molecule has 0 aliphatic rings. The molecule has 0 radical (unpaired) electrons. The highest BCUT2D eigenvalue weighted by Gasteiger charge is 2.22. The van der Waals surface area contributed by atoms with Gasteiger partial charge in [0.15, 0.2) is 0 Å². The van der Waals surface area contributed by atoms with Crippen LogP contribution in [0.1, 0.15) is 37.4 Å². The number of nitrogens with two attached hydrogens (primary N) is 1. The van der Waals surface area contributed by atoms with Crippen molar-refractivity contribution < 1.29 is 9.18 Å². The van der Waals surface area contributed by atoms with Crippen molar-refractivity contribution in [1.29, 1.82) is 0 Å². The van der Waals surface area contributed by atoms with E-state index in [0.717, 1.165) is 0 Å². The number of carbonyl (C=O) groups excluding carboxylic acids is 1. The van der Waals surface area contributed by atoms with Gasteiger partial charge < -0.3 is 11.1 Å². The molecule has 1 heterocycles. The van der Waals surface area contributed by atoms with Gasteiger partial charge in [0.25, 0.3) is 5.91 Å². The average molecular weight is 308 g/mol. The zero-order valence-corrected chi connectivity index (χ0v) is 13.6. The van der Waals surface area contributed by atoms with E-state index in [4.69, 9.17) is 5.73 Å². The standard InChI is InChI=1S/C16H21FN2OS/c1-9(16(2,3)4)8-19-15(20)14-13(18)12-10(17)6-5-7-11(12)21-14/h5-7,9H,8,18H2,1-4H3,(H,19,20). The van der Waals surface area contributed by atoms with Crippen LogP contribution >= 0.6 is 11.3 Å². The summed E-state index contributed by atoms with van der Waals surface area (Å²) in [5.41, 5.74) is 6.29. The highest BCUT2D eigenvalue weighted by Crippen LogP contribution is 2.35. The number of amides is 1. The Balaban J connectivity index is 2.21. The Morgan fingerprint density at radius 3 is 2.67 bits per heavy atom. The number of halogens is 1. The highest BCUT2D eigenvalue weighted by molar-refractivity contribution is 7.21. The summed E-state index contributed by atoms with van der Waals surface area (Å²) in [6.45, 7) is 9.06. The molecule has 3 N–H and O–H groups in total. The van der Waals surface area contributed by atoms with Crippen LogP contribution in [0.25, 0.3) is 10.1 Å². The van der Waals surface area contributed by atoms with Gasteiger partial charge in [0.2, 0.25) is 0 Å². The molecule has 0 aliphatic heterocycles. The second-order valence-electron chi connectivity index (χ2n) is 6.43. The smallest absolute Gasteiger partial charge is 0.263 e. The Morgan fingerprint density at radius 1 is 1.43 bits per heavy atom. The maximum atomic E-state index is 13.8.